The maximum atomic E-state index is 12.2. The van der Waals surface area contributed by atoms with E-state index in [-0.39, 0.29) is 5.91 Å². The molecule has 0 radical (unpaired) electrons. The van der Waals surface area contributed by atoms with Gasteiger partial charge in [0.15, 0.2) is 0 Å². The molecule has 122 valence electrons. The number of rotatable bonds is 6. The minimum absolute atomic E-state index is 0.117. The molecular formula is C18H19N5O. The third-order valence-electron chi connectivity index (χ3n) is 3.64. The minimum atomic E-state index is -0.117. The normalized spacial score (nSPS) is 10.5. The van der Waals surface area contributed by atoms with Crippen LogP contribution in [0.25, 0.3) is 5.69 Å². The fourth-order valence-corrected chi connectivity index (χ4v) is 2.38. The summed E-state index contributed by atoms with van der Waals surface area (Å²) in [4.78, 5) is 16.2. The Morgan fingerprint density at radius 3 is 2.75 bits per heavy atom. The number of aromatic nitrogens is 4. The molecular weight excluding hydrogens is 302 g/mol. The van der Waals surface area contributed by atoms with Gasteiger partial charge in [0.05, 0.1) is 24.6 Å². The first kappa shape index (κ1) is 15.9. The van der Waals surface area contributed by atoms with Crippen LogP contribution < -0.4 is 5.32 Å². The molecule has 2 heterocycles. The van der Waals surface area contributed by atoms with Crippen LogP contribution in [-0.2, 0) is 13.0 Å². The predicted octanol–water partition coefficient (Wildman–Crippen LogP) is 2.54. The average Bonchev–Trinajstić information content (AvgIpc) is 3.10. The van der Waals surface area contributed by atoms with Crippen LogP contribution in [0.4, 0.5) is 0 Å². The van der Waals surface area contributed by atoms with Gasteiger partial charge in [-0.05, 0) is 36.2 Å². The zero-order valence-electron chi connectivity index (χ0n) is 13.5. The summed E-state index contributed by atoms with van der Waals surface area (Å²) in [5.41, 5.74) is 3.41. The molecule has 0 atom stereocenters. The van der Waals surface area contributed by atoms with E-state index in [2.05, 4.69) is 27.5 Å². The summed E-state index contributed by atoms with van der Waals surface area (Å²) in [7, 11) is 0. The molecule has 1 amide bonds. The van der Waals surface area contributed by atoms with Crippen molar-refractivity contribution in [1.29, 1.82) is 0 Å². The van der Waals surface area contributed by atoms with Gasteiger partial charge in [-0.3, -0.25) is 9.78 Å². The molecule has 0 aliphatic rings. The van der Waals surface area contributed by atoms with Crippen molar-refractivity contribution in [3.8, 4) is 5.69 Å². The molecule has 24 heavy (non-hydrogen) atoms. The van der Waals surface area contributed by atoms with Gasteiger partial charge in [0.1, 0.15) is 5.69 Å². The Kier molecular flexibility index (Phi) is 4.96. The molecule has 1 N–H and O–H groups in total. The number of amides is 1. The molecule has 0 aliphatic heterocycles. The van der Waals surface area contributed by atoms with E-state index in [9.17, 15) is 4.79 Å². The van der Waals surface area contributed by atoms with Crippen LogP contribution in [0.2, 0.25) is 0 Å². The van der Waals surface area contributed by atoms with E-state index in [1.807, 2.05) is 36.4 Å². The molecule has 0 saturated carbocycles. The standard InChI is InChI=1S/C18H19N5O/c1-2-4-14-6-8-15(9-7-14)18(24)20-11-16-13-23(22-21-16)17-5-3-10-19-12-17/h3,5-10,12-13H,2,4,11H2,1H3,(H,20,24). The van der Waals surface area contributed by atoms with Gasteiger partial charge in [0.25, 0.3) is 5.91 Å². The highest BCUT2D eigenvalue weighted by Gasteiger charge is 2.08. The number of nitrogens with zero attached hydrogens (tertiary/aromatic N) is 4. The number of hydrogen-bond acceptors (Lipinski definition) is 4. The Hall–Kier alpha value is -3.02. The van der Waals surface area contributed by atoms with Crippen molar-refractivity contribution in [3.63, 3.8) is 0 Å². The van der Waals surface area contributed by atoms with Gasteiger partial charge in [0.2, 0.25) is 0 Å². The van der Waals surface area contributed by atoms with Gasteiger partial charge in [-0.1, -0.05) is 30.7 Å². The van der Waals surface area contributed by atoms with Gasteiger partial charge < -0.3 is 5.32 Å². The van der Waals surface area contributed by atoms with Gasteiger partial charge in [-0.2, -0.15) is 0 Å². The first-order valence-corrected chi connectivity index (χ1v) is 7.95. The van der Waals surface area contributed by atoms with Crippen LogP contribution in [-0.4, -0.2) is 25.9 Å². The molecule has 3 aromatic rings. The first-order chi connectivity index (χ1) is 11.8. The number of carbonyl (C=O) groups is 1. The molecule has 0 bridgehead atoms. The number of carbonyl (C=O) groups excluding carboxylic acids is 1. The minimum Gasteiger partial charge on any atom is -0.346 e. The second-order valence-electron chi connectivity index (χ2n) is 5.50. The second-order valence-corrected chi connectivity index (χ2v) is 5.50. The summed E-state index contributed by atoms with van der Waals surface area (Å²) < 4.78 is 1.63. The Morgan fingerprint density at radius 1 is 1.21 bits per heavy atom. The summed E-state index contributed by atoms with van der Waals surface area (Å²) in [6.45, 7) is 2.47. The highest BCUT2D eigenvalue weighted by atomic mass is 16.1. The van der Waals surface area contributed by atoms with Crippen molar-refractivity contribution in [1.82, 2.24) is 25.3 Å². The predicted molar refractivity (Wildman–Crippen MR) is 90.8 cm³/mol. The second kappa shape index (κ2) is 7.50. The smallest absolute Gasteiger partial charge is 0.251 e. The summed E-state index contributed by atoms with van der Waals surface area (Å²) in [6, 6.07) is 11.4. The van der Waals surface area contributed by atoms with E-state index in [1.54, 1.807) is 23.3 Å². The zero-order chi connectivity index (χ0) is 16.8. The fourth-order valence-electron chi connectivity index (χ4n) is 2.38. The monoisotopic (exact) mass is 321 g/mol. The molecule has 1 aromatic carbocycles. The summed E-state index contributed by atoms with van der Waals surface area (Å²) >= 11 is 0. The topological polar surface area (TPSA) is 72.7 Å². The molecule has 0 saturated heterocycles. The van der Waals surface area contributed by atoms with Crippen LogP contribution in [0.15, 0.2) is 55.0 Å². The van der Waals surface area contributed by atoms with Crippen LogP contribution in [0.3, 0.4) is 0 Å². The van der Waals surface area contributed by atoms with Crippen molar-refractivity contribution in [2.45, 2.75) is 26.3 Å². The molecule has 6 heteroatoms. The SMILES string of the molecule is CCCc1ccc(C(=O)NCc2cn(-c3cccnc3)nn2)cc1. The van der Waals surface area contributed by atoms with Gasteiger partial charge in [0, 0.05) is 11.8 Å². The maximum absolute atomic E-state index is 12.2. The van der Waals surface area contributed by atoms with Gasteiger partial charge in [-0.15, -0.1) is 5.10 Å². The number of aryl methyl sites for hydroxylation is 1. The maximum Gasteiger partial charge on any atom is 0.251 e. The molecule has 0 fully saturated rings. The molecule has 3 rings (SSSR count). The molecule has 0 unspecified atom stereocenters. The highest BCUT2D eigenvalue weighted by molar-refractivity contribution is 5.94. The molecule has 6 nitrogen and oxygen atoms in total. The van der Waals surface area contributed by atoms with Crippen molar-refractivity contribution in [2.75, 3.05) is 0 Å². The Labute approximate surface area is 140 Å². The van der Waals surface area contributed by atoms with Gasteiger partial charge >= 0.3 is 0 Å². The highest BCUT2D eigenvalue weighted by Crippen LogP contribution is 2.07. The number of benzene rings is 1. The van der Waals surface area contributed by atoms with E-state index in [0.29, 0.717) is 17.8 Å². The lowest BCUT2D eigenvalue weighted by Gasteiger charge is -2.04. The van der Waals surface area contributed by atoms with Crippen molar-refractivity contribution in [2.24, 2.45) is 0 Å². The lowest BCUT2D eigenvalue weighted by Crippen LogP contribution is -2.22. The van der Waals surface area contributed by atoms with E-state index in [0.717, 1.165) is 18.5 Å². The number of pyridine rings is 1. The third kappa shape index (κ3) is 3.84. The lowest BCUT2D eigenvalue weighted by molar-refractivity contribution is 0.0950. The third-order valence-corrected chi connectivity index (χ3v) is 3.64. The lowest BCUT2D eigenvalue weighted by atomic mass is 10.1. The molecule has 0 aliphatic carbocycles. The van der Waals surface area contributed by atoms with Crippen LogP contribution >= 0.6 is 0 Å². The van der Waals surface area contributed by atoms with E-state index >= 15 is 0 Å². The van der Waals surface area contributed by atoms with Crippen molar-refractivity contribution in [3.05, 3.63) is 71.8 Å². The summed E-state index contributed by atoms with van der Waals surface area (Å²) in [6.07, 6.45) is 7.31. The van der Waals surface area contributed by atoms with Crippen LogP contribution in [0.1, 0.15) is 35.0 Å². The molecule has 0 spiro atoms. The number of hydrogen-bond donors (Lipinski definition) is 1. The van der Waals surface area contributed by atoms with Crippen molar-refractivity contribution >= 4 is 5.91 Å². The van der Waals surface area contributed by atoms with Gasteiger partial charge in [-0.25, -0.2) is 4.68 Å². The Bertz CT molecular complexity index is 796. The quantitative estimate of drug-likeness (QED) is 0.757. The summed E-state index contributed by atoms with van der Waals surface area (Å²) in [5, 5.41) is 11.0. The van der Waals surface area contributed by atoms with Crippen LogP contribution in [0.5, 0.6) is 0 Å². The largest absolute Gasteiger partial charge is 0.346 e. The van der Waals surface area contributed by atoms with E-state index < -0.39 is 0 Å². The molecule has 2 aromatic heterocycles. The van der Waals surface area contributed by atoms with Crippen molar-refractivity contribution < 1.29 is 4.79 Å². The first-order valence-electron chi connectivity index (χ1n) is 7.95. The number of nitrogens with one attached hydrogen (secondary N) is 1. The van der Waals surface area contributed by atoms with E-state index in [1.165, 1.54) is 5.56 Å². The fraction of sp³-hybridized carbons (Fsp3) is 0.222. The average molecular weight is 321 g/mol. The summed E-state index contributed by atoms with van der Waals surface area (Å²) in [5.74, 6) is -0.117. The Morgan fingerprint density at radius 2 is 2.04 bits per heavy atom. The van der Waals surface area contributed by atoms with E-state index in [4.69, 9.17) is 0 Å². The Balaban J connectivity index is 1.59. The van der Waals surface area contributed by atoms with Crippen LogP contribution in [0, 0.1) is 0 Å². The zero-order valence-corrected chi connectivity index (χ0v) is 13.5.